The highest BCUT2D eigenvalue weighted by Crippen LogP contribution is 2.22. The standard InChI is InChI=1S/C14H9ClN4O3/c15-9-4-5-12(20)11(7-9)14(22)18-19-17-10-3-1-2-8(6-10)13(16)21/h1-7H,(H2-,16,20,21,22)/p+1. The highest BCUT2D eigenvalue weighted by atomic mass is 35.5. The van der Waals surface area contributed by atoms with E-state index in [4.69, 9.17) is 17.3 Å². The van der Waals surface area contributed by atoms with Crippen LogP contribution in [0.2, 0.25) is 5.02 Å². The van der Waals surface area contributed by atoms with Crippen LogP contribution in [0.5, 0.6) is 5.75 Å². The molecule has 0 aliphatic heterocycles. The van der Waals surface area contributed by atoms with Crippen LogP contribution in [-0.4, -0.2) is 16.9 Å². The third-order valence-corrected chi connectivity index (χ3v) is 2.85. The van der Waals surface area contributed by atoms with E-state index in [0.29, 0.717) is 5.69 Å². The van der Waals surface area contributed by atoms with E-state index >= 15 is 0 Å². The quantitative estimate of drug-likeness (QED) is 0.668. The molecular formula is C14H10ClN4O3+. The van der Waals surface area contributed by atoms with Crippen LogP contribution in [0.4, 0.5) is 5.69 Å². The lowest BCUT2D eigenvalue weighted by molar-refractivity contribution is 0.0985. The van der Waals surface area contributed by atoms with Crippen molar-refractivity contribution in [1.82, 2.24) is 4.91 Å². The monoisotopic (exact) mass is 317 g/mol. The van der Waals surface area contributed by atoms with Crippen molar-refractivity contribution in [2.45, 2.75) is 0 Å². The molecule has 0 aromatic heterocycles. The molecule has 7 nitrogen and oxygen atoms in total. The molecule has 0 atom stereocenters. The molecule has 2 aromatic rings. The minimum atomic E-state index is -0.796. The number of primary amides is 1. The molecule has 22 heavy (non-hydrogen) atoms. The molecule has 0 saturated carbocycles. The first-order chi connectivity index (χ1) is 10.5. The molecule has 110 valence electrons. The van der Waals surface area contributed by atoms with Gasteiger partial charge >= 0.3 is 5.91 Å². The smallest absolute Gasteiger partial charge is 0.364 e. The maximum atomic E-state index is 11.8. The number of hydrogen-bond donors (Lipinski definition) is 2. The fourth-order valence-electron chi connectivity index (χ4n) is 1.57. The molecule has 0 radical (unpaired) electrons. The SMILES string of the molecule is NC(=O)c1cccc(N=[N+]=NC(=O)c2cc(Cl)ccc2O)c1. The second-order valence-electron chi connectivity index (χ2n) is 4.17. The van der Waals surface area contributed by atoms with E-state index in [1.165, 1.54) is 30.3 Å². The third-order valence-electron chi connectivity index (χ3n) is 2.62. The number of hydrogen-bond acceptors (Lipinski definition) is 4. The van der Waals surface area contributed by atoms with Crippen molar-refractivity contribution in [3.8, 4) is 5.75 Å². The summed E-state index contributed by atoms with van der Waals surface area (Å²) in [5, 5.41) is 16.9. The fraction of sp³-hybridized carbons (Fsp3) is 0. The first kappa shape index (κ1) is 15.4. The summed E-state index contributed by atoms with van der Waals surface area (Å²) < 4.78 is 0. The summed E-state index contributed by atoms with van der Waals surface area (Å²) in [6.45, 7) is 0. The van der Waals surface area contributed by atoms with Crippen molar-refractivity contribution in [3.05, 3.63) is 58.6 Å². The largest absolute Gasteiger partial charge is 0.507 e. The Hall–Kier alpha value is -3.02. The Morgan fingerprint density at radius 1 is 1.18 bits per heavy atom. The van der Waals surface area contributed by atoms with Crippen molar-refractivity contribution in [2.75, 3.05) is 0 Å². The number of amides is 2. The van der Waals surface area contributed by atoms with E-state index in [9.17, 15) is 14.7 Å². The molecule has 0 spiro atoms. The number of carbonyl (C=O) groups excluding carboxylic acids is 2. The van der Waals surface area contributed by atoms with Gasteiger partial charge in [0.2, 0.25) is 15.9 Å². The summed E-state index contributed by atoms with van der Waals surface area (Å²) >= 11 is 5.74. The van der Waals surface area contributed by atoms with Crippen LogP contribution in [0.3, 0.4) is 0 Å². The number of halogens is 1. The highest BCUT2D eigenvalue weighted by molar-refractivity contribution is 6.31. The molecule has 0 heterocycles. The average molecular weight is 318 g/mol. The van der Waals surface area contributed by atoms with E-state index in [1.54, 1.807) is 12.1 Å². The molecule has 0 bridgehead atoms. The van der Waals surface area contributed by atoms with Gasteiger partial charge in [-0.2, -0.15) is 0 Å². The first-order valence-corrected chi connectivity index (χ1v) is 6.39. The molecule has 0 aliphatic rings. The van der Waals surface area contributed by atoms with Gasteiger partial charge in [-0.15, -0.1) is 0 Å². The Morgan fingerprint density at radius 2 is 1.95 bits per heavy atom. The molecular weight excluding hydrogens is 308 g/mol. The van der Waals surface area contributed by atoms with Crippen LogP contribution in [0.15, 0.2) is 52.7 Å². The molecule has 2 aromatic carbocycles. The molecule has 0 unspecified atom stereocenters. The topological polar surface area (TPSA) is 119 Å². The van der Waals surface area contributed by atoms with Crippen LogP contribution < -0.4 is 10.6 Å². The van der Waals surface area contributed by atoms with E-state index in [-0.39, 0.29) is 21.9 Å². The number of benzene rings is 2. The van der Waals surface area contributed by atoms with Crippen LogP contribution in [0.1, 0.15) is 20.7 Å². The first-order valence-electron chi connectivity index (χ1n) is 6.02. The number of carbonyl (C=O) groups is 2. The Morgan fingerprint density at radius 3 is 2.68 bits per heavy atom. The average Bonchev–Trinajstić information content (AvgIpc) is 2.50. The minimum absolute atomic E-state index is 0.0858. The van der Waals surface area contributed by atoms with E-state index in [1.807, 2.05) is 0 Å². The van der Waals surface area contributed by atoms with Gasteiger partial charge in [-0.25, -0.2) is 0 Å². The Labute approximate surface area is 129 Å². The van der Waals surface area contributed by atoms with Crippen LogP contribution in [-0.2, 0) is 0 Å². The van der Waals surface area contributed by atoms with Crippen molar-refractivity contribution < 1.29 is 14.7 Å². The van der Waals surface area contributed by atoms with Crippen molar-refractivity contribution in [1.29, 1.82) is 0 Å². The van der Waals surface area contributed by atoms with E-state index < -0.39 is 11.8 Å². The van der Waals surface area contributed by atoms with Gasteiger partial charge in [0.1, 0.15) is 5.75 Å². The van der Waals surface area contributed by atoms with Crippen molar-refractivity contribution >= 4 is 29.1 Å². The van der Waals surface area contributed by atoms with Gasteiger partial charge in [-0.05, 0) is 36.4 Å². The van der Waals surface area contributed by atoms with Gasteiger partial charge in [-0.3, -0.25) is 9.59 Å². The van der Waals surface area contributed by atoms with Gasteiger partial charge in [0.15, 0.2) is 10.8 Å². The number of nitrogens with two attached hydrogens (primary N) is 1. The van der Waals surface area contributed by atoms with Gasteiger partial charge in [0.25, 0.3) is 0 Å². The Bertz CT molecular complexity index is 813. The summed E-state index contributed by atoms with van der Waals surface area (Å²) in [5.74, 6) is -1.66. The van der Waals surface area contributed by atoms with Crippen LogP contribution >= 0.6 is 11.6 Å². The van der Waals surface area contributed by atoms with Gasteiger partial charge in [-0.1, -0.05) is 17.7 Å². The summed E-state index contributed by atoms with van der Waals surface area (Å²) in [6.07, 6.45) is 0. The number of aromatic hydroxyl groups is 1. The minimum Gasteiger partial charge on any atom is -0.507 e. The molecule has 0 saturated heterocycles. The summed E-state index contributed by atoms with van der Waals surface area (Å²) in [6, 6.07) is 10.0. The summed E-state index contributed by atoms with van der Waals surface area (Å²) in [4.78, 5) is 26.2. The lowest BCUT2D eigenvalue weighted by Gasteiger charge is -1.96. The van der Waals surface area contributed by atoms with Gasteiger partial charge < -0.3 is 10.8 Å². The lowest BCUT2D eigenvalue weighted by Crippen LogP contribution is -2.10. The third kappa shape index (κ3) is 3.76. The molecule has 8 heteroatoms. The highest BCUT2D eigenvalue weighted by Gasteiger charge is 2.15. The van der Waals surface area contributed by atoms with Crippen molar-refractivity contribution in [2.24, 2.45) is 16.0 Å². The maximum absolute atomic E-state index is 11.8. The predicted octanol–water partition coefficient (Wildman–Crippen LogP) is 2.59. The van der Waals surface area contributed by atoms with E-state index in [0.717, 1.165) is 0 Å². The molecule has 0 fully saturated rings. The normalized spacial score (nSPS) is 9.68. The zero-order valence-corrected chi connectivity index (χ0v) is 11.9. The zero-order valence-electron chi connectivity index (χ0n) is 11.1. The maximum Gasteiger partial charge on any atom is 0.364 e. The number of rotatable bonds is 3. The Kier molecular flexibility index (Phi) is 4.63. The molecule has 0 aliphatic carbocycles. The lowest BCUT2D eigenvalue weighted by atomic mass is 10.2. The van der Waals surface area contributed by atoms with Gasteiger partial charge in [0.05, 0.1) is 5.56 Å². The second-order valence-corrected chi connectivity index (χ2v) is 4.61. The Balaban J connectivity index is 2.24. The van der Waals surface area contributed by atoms with E-state index in [2.05, 4.69) is 15.1 Å². The number of nitrogens with zero attached hydrogens (tertiary/aromatic N) is 3. The predicted molar refractivity (Wildman–Crippen MR) is 79.1 cm³/mol. The number of phenols is 1. The molecule has 2 rings (SSSR count). The molecule has 2 amide bonds. The van der Waals surface area contributed by atoms with Crippen LogP contribution in [0, 0.1) is 0 Å². The zero-order chi connectivity index (χ0) is 16.1. The summed E-state index contributed by atoms with van der Waals surface area (Å²) in [7, 11) is 0. The van der Waals surface area contributed by atoms with Gasteiger partial charge in [0, 0.05) is 10.6 Å². The fourth-order valence-corrected chi connectivity index (χ4v) is 1.74. The number of phenolic OH excluding ortho intramolecular Hbond substituents is 1. The van der Waals surface area contributed by atoms with Crippen molar-refractivity contribution in [3.63, 3.8) is 0 Å². The second kappa shape index (κ2) is 6.62. The molecule has 3 N–H and O–H groups in total. The summed E-state index contributed by atoms with van der Waals surface area (Å²) in [5.41, 5.74) is 5.62. The van der Waals surface area contributed by atoms with Crippen LogP contribution in [0.25, 0.3) is 0 Å².